The minimum absolute atomic E-state index is 0.163. The quantitative estimate of drug-likeness (QED) is 0.735. The molecule has 4 heterocycles. The predicted octanol–water partition coefficient (Wildman–Crippen LogP) is 1.67. The van der Waals surface area contributed by atoms with Crippen LogP contribution in [0.15, 0.2) is 22.7 Å². The standard InChI is InChI=1S/C17H20N6O3/c1-11-19-14(23(21-11)10-15(24)25)8-12-4-3-7-22(9-12)17-20-16-13(26-17)5-2-6-18-16/h2,5-6,12H,3-4,7-10H2,1H3,(H,24,25). The van der Waals surface area contributed by atoms with E-state index in [0.29, 0.717) is 35.4 Å². The molecule has 1 saturated heterocycles. The molecule has 1 aliphatic rings. The molecule has 136 valence electrons. The number of hydrogen-bond donors (Lipinski definition) is 1. The van der Waals surface area contributed by atoms with E-state index in [1.807, 2.05) is 12.1 Å². The summed E-state index contributed by atoms with van der Waals surface area (Å²) in [5.74, 6) is 0.734. The van der Waals surface area contributed by atoms with Gasteiger partial charge in [0, 0.05) is 25.7 Å². The van der Waals surface area contributed by atoms with Crippen LogP contribution in [-0.2, 0) is 17.8 Å². The molecule has 0 aromatic carbocycles. The van der Waals surface area contributed by atoms with Gasteiger partial charge in [-0.25, -0.2) is 14.6 Å². The van der Waals surface area contributed by atoms with E-state index in [1.54, 1.807) is 13.1 Å². The Morgan fingerprint density at radius 1 is 1.42 bits per heavy atom. The number of piperidine rings is 1. The Morgan fingerprint density at radius 3 is 3.12 bits per heavy atom. The third kappa shape index (κ3) is 3.37. The van der Waals surface area contributed by atoms with Crippen LogP contribution in [-0.4, -0.2) is 48.9 Å². The van der Waals surface area contributed by atoms with Crippen LogP contribution < -0.4 is 4.90 Å². The monoisotopic (exact) mass is 356 g/mol. The van der Waals surface area contributed by atoms with Gasteiger partial charge in [0.2, 0.25) is 5.65 Å². The smallest absolute Gasteiger partial charge is 0.325 e. The number of aromatic nitrogens is 5. The molecule has 0 spiro atoms. The molecule has 9 nitrogen and oxygen atoms in total. The highest BCUT2D eigenvalue weighted by Gasteiger charge is 2.26. The molecule has 4 rings (SSSR count). The van der Waals surface area contributed by atoms with Crippen LogP contribution in [0.4, 0.5) is 6.01 Å². The summed E-state index contributed by atoms with van der Waals surface area (Å²) in [6.07, 6.45) is 4.45. The lowest BCUT2D eigenvalue weighted by Crippen LogP contribution is -2.36. The number of carbonyl (C=O) groups is 1. The zero-order valence-corrected chi connectivity index (χ0v) is 14.5. The van der Waals surface area contributed by atoms with Gasteiger partial charge in [0.1, 0.15) is 18.2 Å². The first-order valence-corrected chi connectivity index (χ1v) is 8.67. The van der Waals surface area contributed by atoms with Gasteiger partial charge >= 0.3 is 5.97 Å². The number of aryl methyl sites for hydroxylation is 1. The van der Waals surface area contributed by atoms with Crippen molar-refractivity contribution in [2.24, 2.45) is 5.92 Å². The summed E-state index contributed by atoms with van der Waals surface area (Å²) in [5.41, 5.74) is 1.29. The number of rotatable bonds is 5. The van der Waals surface area contributed by atoms with E-state index in [2.05, 4.69) is 25.0 Å². The van der Waals surface area contributed by atoms with Crippen molar-refractivity contribution in [3.63, 3.8) is 0 Å². The Kier molecular flexibility index (Phi) is 4.27. The van der Waals surface area contributed by atoms with Gasteiger partial charge in [0.25, 0.3) is 6.01 Å². The molecule has 3 aromatic rings. The zero-order valence-electron chi connectivity index (χ0n) is 14.5. The van der Waals surface area contributed by atoms with Crippen molar-refractivity contribution in [3.05, 3.63) is 30.0 Å². The van der Waals surface area contributed by atoms with Gasteiger partial charge in [0.15, 0.2) is 5.58 Å². The fourth-order valence-corrected chi connectivity index (χ4v) is 3.46. The Labute approximate surface area is 149 Å². The number of carboxylic acids is 1. The van der Waals surface area contributed by atoms with E-state index in [1.165, 1.54) is 4.68 Å². The van der Waals surface area contributed by atoms with Crippen molar-refractivity contribution in [1.29, 1.82) is 0 Å². The molecule has 26 heavy (non-hydrogen) atoms. The van der Waals surface area contributed by atoms with Gasteiger partial charge in [-0.3, -0.25) is 4.79 Å². The molecule has 0 bridgehead atoms. The second-order valence-corrected chi connectivity index (χ2v) is 6.61. The molecule has 0 aliphatic carbocycles. The van der Waals surface area contributed by atoms with E-state index in [4.69, 9.17) is 9.52 Å². The number of carboxylic acid groups (broad SMARTS) is 1. The fourth-order valence-electron chi connectivity index (χ4n) is 3.46. The maximum atomic E-state index is 11.0. The van der Waals surface area contributed by atoms with Crippen LogP contribution in [0.1, 0.15) is 24.5 Å². The van der Waals surface area contributed by atoms with Crippen molar-refractivity contribution in [1.82, 2.24) is 24.7 Å². The number of nitrogens with zero attached hydrogens (tertiary/aromatic N) is 6. The number of hydrogen-bond acceptors (Lipinski definition) is 7. The number of fused-ring (bicyclic) bond motifs is 1. The van der Waals surface area contributed by atoms with Crippen molar-refractivity contribution < 1.29 is 14.3 Å². The second kappa shape index (κ2) is 6.74. The normalized spacial score (nSPS) is 17.7. The third-order valence-electron chi connectivity index (χ3n) is 4.55. The van der Waals surface area contributed by atoms with Gasteiger partial charge < -0.3 is 14.4 Å². The molecule has 1 atom stereocenters. The lowest BCUT2D eigenvalue weighted by Gasteiger charge is -2.31. The van der Waals surface area contributed by atoms with Gasteiger partial charge in [-0.15, -0.1) is 0 Å². The highest BCUT2D eigenvalue weighted by molar-refractivity contribution is 5.69. The van der Waals surface area contributed by atoms with Gasteiger partial charge in [-0.2, -0.15) is 10.1 Å². The molecular formula is C17H20N6O3. The van der Waals surface area contributed by atoms with Crippen LogP contribution in [0.2, 0.25) is 0 Å². The SMILES string of the molecule is Cc1nc(CC2CCCN(c3nc4ncccc4o3)C2)n(CC(=O)O)n1. The van der Waals surface area contributed by atoms with Crippen LogP contribution in [0.5, 0.6) is 0 Å². The van der Waals surface area contributed by atoms with Crippen LogP contribution in [0, 0.1) is 12.8 Å². The summed E-state index contributed by atoms with van der Waals surface area (Å²) in [4.78, 5) is 26.3. The second-order valence-electron chi connectivity index (χ2n) is 6.61. The highest BCUT2D eigenvalue weighted by atomic mass is 16.4. The summed E-state index contributed by atoms with van der Waals surface area (Å²) < 4.78 is 7.31. The largest absolute Gasteiger partial charge is 0.480 e. The first-order valence-electron chi connectivity index (χ1n) is 8.67. The van der Waals surface area contributed by atoms with E-state index >= 15 is 0 Å². The molecule has 3 aromatic heterocycles. The maximum absolute atomic E-state index is 11.0. The minimum atomic E-state index is -0.916. The van der Waals surface area contributed by atoms with Gasteiger partial charge in [-0.1, -0.05) is 0 Å². The minimum Gasteiger partial charge on any atom is -0.480 e. The molecule has 9 heteroatoms. The fraction of sp³-hybridized carbons (Fsp3) is 0.471. The molecule has 1 fully saturated rings. The maximum Gasteiger partial charge on any atom is 0.325 e. The number of anilines is 1. The Balaban J connectivity index is 1.49. The molecule has 1 aliphatic heterocycles. The van der Waals surface area contributed by atoms with Gasteiger partial charge in [0.05, 0.1) is 0 Å². The summed E-state index contributed by atoms with van der Waals surface area (Å²) >= 11 is 0. The lowest BCUT2D eigenvalue weighted by molar-refractivity contribution is -0.137. The molecule has 0 radical (unpaired) electrons. The molecule has 1 N–H and O–H groups in total. The number of oxazole rings is 1. The molecular weight excluding hydrogens is 336 g/mol. The van der Waals surface area contributed by atoms with Crippen LogP contribution in [0.25, 0.3) is 11.2 Å². The highest BCUT2D eigenvalue weighted by Crippen LogP contribution is 2.27. The number of pyridine rings is 1. The summed E-state index contributed by atoms with van der Waals surface area (Å²) in [5, 5.41) is 13.2. The first-order chi connectivity index (χ1) is 12.6. The van der Waals surface area contributed by atoms with Crippen molar-refractivity contribution >= 4 is 23.2 Å². The Morgan fingerprint density at radius 2 is 2.31 bits per heavy atom. The van der Waals surface area contributed by atoms with Gasteiger partial charge in [-0.05, 0) is 37.8 Å². The van der Waals surface area contributed by atoms with Crippen molar-refractivity contribution in [2.45, 2.75) is 32.7 Å². The predicted molar refractivity (Wildman–Crippen MR) is 92.8 cm³/mol. The summed E-state index contributed by atoms with van der Waals surface area (Å²) in [7, 11) is 0. The van der Waals surface area contributed by atoms with E-state index < -0.39 is 5.97 Å². The average Bonchev–Trinajstić information content (AvgIpc) is 3.18. The van der Waals surface area contributed by atoms with Crippen molar-refractivity contribution in [2.75, 3.05) is 18.0 Å². The van der Waals surface area contributed by atoms with Crippen LogP contribution >= 0.6 is 0 Å². The first kappa shape index (κ1) is 16.5. The molecule has 0 saturated carbocycles. The zero-order chi connectivity index (χ0) is 18.1. The van der Waals surface area contributed by atoms with E-state index in [0.717, 1.165) is 31.8 Å². The van der Waals surface area contributed by atoms with E-state index in [9.17, 15) is 4.79 Å². The molecule has 0 amide bonds. The lowest BCUT2D eigenvalue weighted by atomic mass is 9.94. The summed E-state index contributed by atoms with van der Waals surface area (Å²) in [6.45, 7) is 3.28. The van der Waals surface area contributed by atoms with Crippen molar-refractivity contribution in [3.8, 4) is 0 Å². The van der Waals surface area contributed by atoms with Crippen LogP contribution in [0.3, 0.4) is 0 Å². The van der Waals surface area contributed by atoms with E-state index in [-0.39, 0.29) is 6.54 Å². The Bertz CT molecular complexity index is 901. The summed E-state index contributed by atoms with van der Waals surface area (Å²) in [6, 6.07) is 4.28. The topological polar surface area (TPSA) is 110 Å². The third-order valence-corrected chi connectivity index (χ3v) is 4.55. The number of aliphatic carboxylic acids is 1. The Hall–Kier alpha value is -2.97. The molecule has 1 unspecified atom stereocenters. The average molecular weight is 356 g/mol.